The van der Waals surface area contributed by atoms with Crippen LogP contribution in [0.15, 0.2) is 48.8 Å². The maximum Gasteiger partial charge on any atom is 0.242 e. The van der Waals surface area contributed by atoms with E-state index in [0.717, 1.165) is 62.4 Å². The van der Waals surface area contributed by atoms with Crippen molar-refractivity contribution in [3.8, 4) is 0 Å². The van der Waals surface area contributed by atoms with Crippen molar-refractivity contribution in [1.82, 2.24) is 19.7 Å². The molecule has 6 nitrogen and oxygen atoms in total. The van der Waals surface area contributed by atoms with Crippen LogP contribution in [0, 0.1) is 11.3 Å². The fourth-order valence-corrected chi connectivity index (χ4v) is 5.67. The third-order valence-corrected chi connectivity index (χ3v) is 7.82. The molecule has 0 atom stereocenters. The first kappa shape index (κ1) is 23.2. The number of hydrogen-bond acceptors (Lipinski definition) is 5. The van der Waals surface area contributed by atoms with Crippen molar-refractivity contribution in [2.75, 3.05) is 46.3 Å². The first-order chi connectivity index (χ1) is 16.4. The minimum atomic E-state index is 0.193. The lowest BCUT2D eigenvalue weighted by molar-refractivity contribution is -0.136. The highest BCUT2D eigenvalue weighted by Crippen LogP contribution is 2.40. The van der Waals surface area contributed by atoms with Gasteiger partial charge in [0.15, 0.2) is 0 Å². The first-order valence-corrected chi connectivity index (χ1v) is 12.7. The second-order valence-corrected chi connectivity index (χ2v) is 10.8. The molecule has 1 saturated carbocycles. The number of amides is 1. The van der Waals surface area contributed by atoms with Crippen LogP contribution in [-0.2, 0) is 4.79 Å². The maximum absolute atomic E-state index is 13.5. The van der Waals surface area contributed by atoms with E-state index in [1.54, 1.807) is 12.4 Å². The van der Waals surface area contributed by atoms with Crippen molar-refractivity contribution in [2.45, 2.75) is 25.7 Å². The number of carbonyl (C=O) groups excluding carboxylic acids is 1. The summed E-state index contributed by atoms with van der Waals surface area (Å²) in [5.74, 6) is 0.802. The fourth-order valence-electron chi connectivity index (χ4n) is 5.54. The Bertz CT molecular complexity index is 1030. The summed E-state index contributed by atoms with van der Waals surface area (Å²) in [4.78, 5) is 24.4. The number of likely N-dealkylation sites (tertiary alicyclic amines) is 2. The second-order valence-electron chi connectivity index (χ2n) is 10.4. The number of aromatic nitrogens is 1. The van der Waals surface area contributed by atoms with E-state index in [9.17, 15) is 4.79 Å². The van der Waals surface area contributed by atoms with Crippen LogP contribution in [0.3, 0.4) is 0 Å². The van der Waals surface area contributed by atoms with Gasteiger partial charge in [-0.3, -0.25) is 9.78 Å². The van der Waals surface area contributed by atoms with Crippen LogP contribution < -0.4 is 5.73 Å². The van der Waals surface area contributed by atoms with E-state index >= 15 is 0 Å². The van der Waals surface area contributed by atoms with Crippen molar-refractivity contribution in [3.05, 3.63) is 64.9 Å². The predicted molar refractivity (Wildman–Crippen MR) is 137 cm³/mol. The van der Waals surface area contributed by atoms with Gasteiger partial charge in [-0.15, -0.1) is 0 Å². The van der Waals surface area contributed by atoms with Gasteiger partial charge in [-0.2, -0.15) is 0 Å². The Morgan fingerprint density at radius 3 is 2.32 bits per heavy atom. The van der Waals surface area contributed by atoms with Crippen LogP contribution in [0.1, 0.15) is 36.8 Å². The van der Waals surface area contributed by atoms with E-state index in [0.29, 0.717) is 28.6 Å². The monoisotopic (exact) mass is 479 g/mol. The maximum atomic E-state index is 13.5. The third kappa shape index (κ3) is 5.08. The summed E-state index contributed by atoms with van der Waals surface area (Å²) in [5.41, 5.74) is 10.7. The zero-order valence-corrected chi connectivity index (χ0v) is 20.7. The number of pyridine rings is 1. The summed E-state index contributed by atoms with van der Waals surface area (Å²) in [5, 5.41) is 0.674. The number of nitrogens with two attached hydrogens (primary N) is 1. The Morgan fingerprint density at radius 2 is 1.74 bits per heavy atom. The van der Waals surface area contributed by atoms with Crippen molar-refractivity contribution in [1.29, 1.82) is 0 Å². The van der Waals surface area contributed by atoms with Gasteiger partial charge in [-0.25, -0.2) is 0 Å². The van der Waals surface area contributed by atoms with Gasteiger partial charge in [-0.05, 0) is 73.9 Å². The lowest BCUT2D eigenvalue weighted by Crippen LogP contribution is -2.59. The molecule has 1 aromatic heterocycles. The molecule has 2 saturated heterocycles. The molecule has 34 heavy (non-hydrogen) atoms. The standard InChI is InChI=1S/C27H34ClN5O/c1-31-18-27(19-31)10-14-32(15-11-27)24(34)17-33(16-20-2-3-20)26(22-8-12-30-13-9-22)25(29)21-4-6-23(28)7-5-21/h4-9,12-13,20H,2-3,10-11,14-19,29H2,1H3/b26-25-. The average Bonchev–Trinajstić information content (AvgIpc) is 3.64. The van der Waals surface area contributed by atoms with E-state index in [1.807, 2.05) is 36.4 Å². The van der Waals surface area contributed by atoms with E-state index in [4.69, 9.17) is 17.3 Å². The van der Waals surface area contributed by atoms with Crippen LogP contribution in [-0.4, -0.2) is 71.9 Å². The molecule has 0 unspecified atom stereocenters. The zero-order chi connectivity index (χ0) is 23.7. The second kappa shape index (κ2) is 9.59. The highest BCUT2D eigenvalue weighted by molar-refractivity contribution is 6.30. The molecule has 0 radical (unpaired) electrons. The van der Waals surface area contributed by atoms with E-state index in [-0.39, 0.29) is 5.91 Å². The molecule has 3 fully saturated rings. The Hall–Kier alpha value is -2.57. The normalized spacial score (nSPS) is 20.6. The molecule has 2 aliphatic heterocycles. The lowest BCUT2D eigenvalue weighted by Gasteiger charge is -2.53. The van der Waals surface area contributed by atoms with E-state index in [2.05, 4.69) is 26.7 Å². The molecule has 1 spiro atoms. The number of rotatable bonds is 7. The fraction of sp³-hybridized carbons (Fsp3) is 0.481. The quantitative estimate of drug-likeness (QED) is 0.654. The molecule has 0 bridgehead atoms. The third-order valence-electron chi connectivity index (χ3n) is 7.57. The minimum absolute atomic E-state index is 0.193. The minimum Gasteiger partial charge on any atom is -0.397 e. The van der Waals surface area contributed by atoms with Gasteiger partial charge in [0.25, 0.3) is 0 Å². The average molecular weight is 480 g/mol. The zero-order valence-electron chi connectivity index (χ0n) is 19.9. The Balaban J connectivity index is 1.40. The molecule has 3 heterocycles. The number of halogens is 1. The molecule has 7 heteroatoms. The summed E-state index contributed by atoms with van der Waals surface area (Å²) in [6, 6.07) is 11.5. The molecule has 180 valence electrons. The lowest BCUT2D eigenvalue weighted by atomic mass is 9.72. The van der Waals surface area contributed by atoms with Crippen LogP contribution in [0.5, 0.6) is 0 Å². The van der Waals surface area contributed by atoms with Crippen molar-refractivity contribution in [2.24, 2.45) is 17.1 Å². The Kier molecular flexibility index (Phi) is 6.54. The van der Waals surface area contributed by atoms with Gasteiger partial charge >= 0.3 is 0 Å². The van der Waals surface area contributed by atoms with Gasteiger partial charge in [0.2, 0.25) is 5.91 Å². The highest BCUT2D eigenvalue weighted by atomic mass is 35.5. The van der Waals surface area contributed by atoms with Crippen molar-refractivity contribution >= 4 is 28.9 Å². The predicted octanol–water partition coefficient (Wildman–Crippen LogP) is 3.79. The van der Waals surface area contributed by atoms with Crippen LogP contribution >= 0.6 is 11.6 Å². The van der Waals surface area contributed by atoms with Crippen molar-refractivity contribution < 1.29 is 4.79 Å². The number of nitrogens with zero attached hydrogens (tertiary/aromatic N) is 4. The van der Waals surface area contributed by atoms with Gasteiger partial charge in [0.1, 0.15) is 0 Å². The number of piperidine rings is 1. The molecule has 2 aromatic rings. The SMILES string of the molecule is CN1CC2(CCN(C(=O)CN(CC3CC3)/C(=C(\N)c3ccc(Cl)cc3)c3ccncc3)CC2)C1. The van der Waals surface area contributed by atoms with Gasteiger partial charge < -0.3 is 20.4 Å². The van der Waals surface area contributed by atoms with Gasteiger partial charge in [-0.1, -0.05) is 23.7 Å². The smallest absolute Gasteiger partial charge is 0.242 e. The van der Waals surface area contributed by atoms with Gasteiger partial charge in [0.05, 0.1) is 17.9 Å². The summed E-state index contributed by atoms with van der Waals surface area (Å²) in [6.07, 6.45) is 8.17. The molecule has 5 rings (SSSR count). The van der Waals surface area contributed by atoms with E-state index in [1.165, 1.54) is 12.8 Å². The number of hydrogen-bond donors (Lipinski definition) is 1. The topological polar surface area (TPSA) is 65.7 Å². The van der Waals surface area contributed by atoms with Crippen molar-refractivity contribution in [3.63, 3.8) is 0 Å². The molecule has 2 N–H and O–H groups in total. The largest absolute Gasteiger partial charge is 0.397 e. The number of benzene rings is 1. The Labute approximate surface area is 207 Å². The molecular weight excluding hydrogens is 446 g/mol. The number of carbonyl (C=O) groups is 1. The van der Waals surface area contributed by atoms with Crippen LogP contribution in [0.2, 0.25) is 5.02 Å². The molecule has 1 aliphatic carbocycles. The summed E-state index contributed by atoms with van der Waals surface area (Å²) in [6.45, 7) is 5.20. The van der Waals surface area contributed by atoms with Crippen LogP contribution in [0.4, 0.5) is 0 Å². The van der Waals surface area contributed by atoms with E-state index < -0.39 is 0 Å². The summed E-state index contributed by atoms with van der Waals surface area (Å²) >= 11 is 6.12. The van der Waals surface area contributed by atoms with Crippen LogP contribution in [0.25, 0.3) is 11.4 Å². The molecular formula is C27H34ClN5O. The summed E-state index contributed by atoms with van der Waals surface area (Å²) in [7, 11) is 2.18. The highest BCUT2D eigenvalue weighted by Gasteiger charge is 2.44. The summed E-state index contributed by atoms with van der Waals surface area (Å²) < 4.78 is 0. The molecule has 3 aliphatic rings. The first-order valence-electron chi connectivity index (χ1n) is 12.3. The molecule has 1 amide bonds. The van der Waals surface area contributed by atoms with Gasteiger partial charge in [0, 0.05) is 55.7 Å². The molecule has 1 aromatic carbocycles. The Morgan fingerprint density at radius 1 is 1.09 bits per heavy atom.